The lowest BCUT2D eigenvalue weighted by molar-refractivity contribution is 0.384. The Hall–Kier alpha value is -0.890. The molecule has 16 heavy (non-hydrogen) atoms. The summed E-state index contributed by atoms with van der Waals surface area (Å²) in [7, 11) is 0. The molecule has 0 bridgehead atoms. The van der Waals surface area contributed by atoms with Gasteiger partial charge in [-0.25, -0.2) is 0 Å². The fraction of sp³-hybridized carbons (Fsp3) is 0.538. The van der Waals surface area contributed by atoms with Crippen LogP contribution >= 0.6 is 11.6 Å². The SMILES string of the molecule is Nc1cccc(Cl)c1N1CCC2(CC1)CC2. The Labute approximate surface area is 101 Å². The van der Waals surface area contributed by atoms with E-state index in [0.29, 0.717) is 5.41 Å². The topological polar surface area (TPSA) is 29.3 Å². The lowest BCUT2D eigenvalue weighted by Crippen LogP contribution is -2.35. The summed E-state index contributed by atoms with van der Waals surface area (Å²) in [6, 6.07) is 5.77. The van der Waals surface area contributed by atoms with E-state index in [4.69, 9.17) is 17.3 Å². The smallest absolute Gasteiger partial charge is 0.0789 e. The monoisotopic (exact) mass is 236 g/mol. The molecule has 0 amide bonds. The van der Waals surface area contributed by atoms with E-state index in [0.717, 1.165) is 29.5 Å². The van der Waals surface area contributed by atoms with Crippen molar-refractivity contribution in [2.75, 3.05) is 23.7 Å². The first-order valence-electron chi connectivity index (χ1n) is 5.99. The van der Waals surface area contributed by atoms with Crippen LogP contribution in [0.1, 0.15) is 25.7 Å². The normalized spacial score (nSPS) is 22.4. The quantitative estimate of drug-likeness (QED) is 0.759. The van der Waals surface area contributed by atoms with Crippen LogP contribution in [0.25, 0.3) is 0 Å². The van der Waals surface area contributed by atoms with E-state index in [-0.39, 0.29) is 0 Å². The van der Waals surface area contributed by atoms with Crippen molar-refractivity contribution >= 4 is 23.0 Å². The molecule has 0 aromatic heterocycles. The molecular weight excluding hydrogens is 220 g/mol. The van der Waals surface area contributed by atoms with Gasteiger partial charge in [0.25, 0.3) is 0 Å². The molecule has 86 valence electrons. The largest absolute Gasteiger partial charge is 0.397 e. The molecule has 1 aliphatic heterocycles. The molecule has 1 spiro atoms. The number of hydrogen-bond donors (Lipinski definition) is 1. The van der Waals surface area contributed by atoms with E-state index < -0.39 is 0 Å². The lowest BCUT2D eigenvalue weighted by atomic mass is 9.93. The van der Waals surface area contributed by atoms with Gasteiger partial charge in [-0.1, -0.05) is 17.7 Å². The minimum Gasteiger partial charge on any atom is -0.397 e. The summed E-state index contributed by atoms with van der Waals surface area (Å²) in [5.41, 5.74) is 8.56. The van der Waals surface area contributed by atoms with Crippen molar-refractivity contribution in [3.8, 4) is 0 Å². The third kappa shape index (κ3) is 1.65. The second-order valence-electron chi connectivity index (χ2n) is 5.16. The van der Waals surface area contributed by atoms with Crippen LogP contribution < -0.4 is 10.6 Å². The molecule has 2 aliphatic rings. The third-order valence-corrected chi connectivity index (χ3v) is 4.42. The molecular formula is C13H17ClN2. The van der Waals surface area contributed by atoms with Crippen LogP contribution in [0.3, 0.4) is 0 Å². The summed E-state index contributed by atoms with van der Waals surface area (Å²) in [5, 5.41) is 0.784. The lowest BCUT2D eigenvalue weighted by Gasteiger charge is -2.35. The maximum atomic E-state index is 6.23. The summed E-state index contributed by atoms with van der Waals surface area (Å²) in [6.45, 7) is 2.21. The van der Waals surface area contributed by atoms with Crippen LogP contribution in [0.4, 0.5) is 11.4 Å². The van der Waals surface area contributed by atoms with Crippen LogP contribution in [0.5, 0.6) is 0 Å². The molecule has 3 heteroatoms. The summed E-state index contributed by atoms with van der Waals surface area (Å²) in [5.74, 6) is 0. The van der Waals surface area contributed by atoms with Crippen molar-refractivity contribution in [3.05, 3.63) is 23.2 Å². The van der Waals surface area contributed by atoms with E-state index in [1.54, 1.807) is 0 Å². The Balaban J connectivity index is 1.82. The van der Waals surface area contributed by atoms with Crippen LogP contribution in [0.15, 0.2) is 18.2 Å². The van der Waals surface area contributed by atoms with Crippen molar-refractivity contribution in [3.63, 3.8) is 0 Å². The van der Waals surface area contributed by atoms with Gasteiger partial charge in [-0.05, 0) is 43.2 Å². The van der Waals surface area contributed by atoms with Crippen molar-refractivity contribution in [1.29, 1.82) is 0 Å². The Morgan fingerprint density at radius 1 is 1.12 bits per heavy atom. The number of para-hydroxylation sites is 1. The van der Waals surface area contributed by atoms with Crippen molar-refractivity contribution in [2.24, 2.45) is 5.41 Å². The minimum absolute atomic E-state index is 0.701. The Morgan fingerprint density at radius 3 is 2.38 bits per heavy atom. The van der Waals surface area contributed by atoms with Gasteiger partial charge in [0, 0.05) is 13.1 Å². The van der Waals surface area contributed by atoms with Crippen molar-refractivity contribution in [1.82, 2.24) is 0 Å². The van der Waals surface area contributed by atoms with E-state index in [1.165, 1.54) is 25.7 Å². The molecule has 0 unspecified atom stereocenters. The van der Waals surface area contributed by atoms with Gasteiger partial charge in [0.05, 0.1) is 16.4 Å². The highest BCUT2D eigenvalue weighted by atomic mass is 35.5. The van der Waals surface area contributed by atoms with Crippen LogP contribution in [0.2, 0.25) is 5.02 Å². The van der Waals surface area contributed by atoms with Gasteiger partial charge in [0.15, 0.2) is 0 Å². The predicted molar refractivity (Wildman–Crippen MR) is 69.0 cm³/mol. The van der Waals surface area contributed by atoms with E-state index in [1.807, 2.05) is 18.2 Å². The molecule has 2 N–H and O–H groups in total. The number of rotatable bonds is 1. The summed E-state index contributed by atoms with van der Waals surface area (Å²) in [6.07, 6.45) is 5.47. The average Bonchev–Trinajstić information content (AvgIpc) is 3.01. The molecule has 1 aromatic rings. The molecule has 1 saturated heterocycles. The summed E-state index contributed by atoms with van der Waals surface area (Å²) < 4.78 is 0. The van der Waals surface area contributed by atoms with E-state index >= 15 is 0 Å². The number of halogens is 1. The number of benzene rings is 1. The highest BCUT2D eigenvalue weighted by Gasteiger charge is 2.44. The van der Waals surface area contributed by atoms with Crippen molar-refractivity contribution in [2.45, 2.75) is 25.7 Å². The molecule has 0 atom stereocenters. The molecule has 2 fully saturated rings. The van der Waals surface area contributed by atoms with Gasteiger partial charge in [0.1, 0.15) is 0 Å². The van der Waals surface area contributed by atoms with Gasteiger partial charge in [-0.2, -0.15) is 0 Å². The van der Waals surface area contributed by atoms with Gasteiger partial charge >= 0.3 is 0 Å². The first-order valence-corrected chi connectivity index (χ1v) is 6.37. The highest BCUT2D eigenvalue weighted by Crippen LogP contribution is 2.54. The predicted octanol–water partition coefficient (Wildman–Crippen LogP) is 3.30. The first-order chi connectivity index (χ1) is 7.70. The Morgan fingerprint density at radius 2 is 1.81 bits per heavy atom. The number of nitrogens with zero attached hydrogens (tertiary/aromatic N) is 1. The number of anilines is 2. The Kier molecular flexibility index (Phi) is 2.28. The number of nitrogen functional groups attached to an aromatic ring is 1. The summed E-state index contributed by atoms with van der Waals surface area (Å²) in [4.78, 5) is 2.35. The molecule has 3 rings (SSSR count). The van der Waals surface area contributed by atoms with Gasteiger partial charge in [0.2, 0.25) is 0 Å². The van der Waals surface area contributed by atoms with Gasteiger partial charge in [-0.15, -0.1) is 0 Å². The highest BCUT2D eigenvalue weighted by molar-refractivity contribution is 6.34. The second-order valence-corrected chi connectivity index (χ2v) is 5.57. The van der Waals surface area contributed by atoms with Gasteiger partial charge < -0.3 is 10.6 Å². The molecule has 1 aliphatic carbocycles. The second kappa shape index (κ2) is 3.56. The van der Waals surface area contributed by atoms with Crippen LogP contribution in [-0.2, 0) is 0 Å². The van der Waals surface area contributed by atoms with Crippen LogP contribution in [0, 0.1) is 5.41 Å². The zero-order chi connectivity index (χ0) is 11.2. The summed E-state index contributed by atoms with van der Waals surface area (Å²) >= 11 is 6.23. The number of piperidine rings is 1. The zero-order valence-electron chi connectivity index (χ0n) is 9.38. The van der Waals surface area contributed by atoms with Crippen molar-refractivity contribution < 1.29 is 0 Å². The third-order valence-electron chi connectivity index (χ3n) is 4.12. The minimum atomic E-state index is 0.701. The zero-order valence-corrected chi connectivity index (χ0v) is 10.1. The standard InChI is InChI=1S/C13H17ClN2/c14-10-2-1-3-11(15)12(10)16-8-6-13(4-5-13)7-9-16/h1-3H,4-9,15H2. The Bertz CT molecular complexity index is 382. The molecule has 2 nitrogen and oxygen atoms in total. The molecule has 1 heterocycles. The fourth-order valence-electron chi connectivity index (χ4n) is 2.75. The molecule has 1 saturated carbocycles. The maximum Gasteiger partial charge on any atom is 0.0789 e. The molecule has 0 radical (unpaired) electrons. The van der Waals surface area contributed by atoms with Crippen LogP contribution in [-0.4, -0.2) is 13.1 Å². The van der Waals surface area contributed by atoms with E-state index in [9.17, 15) is 0 Å². The molecule has 1 aromatic carbocycles. The fourth-order valence-corrected chi connectivity index (χ4v) is 3.05. The number of hydrogen-bond acceptors (Lipinski definition) is 2. The average molecular weight is 237 g/mol. The van der Waals surface area contributed by atoms with E-state index in [2.05, 4.69) is 4.90 Å². The maximum absolute atomic E-state index is 6.23. The number of nitrogens with two attached hydrogens (primary N) is 1. The first kappa shape index (κ1) is 10.3. The van der Waals surface area contributed by atoms with Gasteiger partial charge in [-0.3, -0.25) is 0 Å².